The average molecular weight is 501 g/mol. The van der Waals surface area contributed by atoms with Gasteiger partial charge in [0.1, 0.15) is 0 Å². The predicted molar refractivity (Wildman–Crippen MR) is 149 cm³/mol. The quantitative estimate of drug-likeness (QED) is 0.195. The highest BCUT2D eigenvalue weighted by atomic mass is 16.2. The highest BCUT2D eigenvalue weighted by Gasteiger charge is 2.44. The Morgan fingerprint density at radius 3 is 2.37 bits per heavy atom. The van der Waals surface area contributed by atoms with Crippen LogP contribution in [0.25, 0.3) is 11.6 Å². The number of aromatic nitrogens is 1. The topological polar surface area (TPSA) is 122 Å². The summed E-state index contributed by atoms with van der Waals surface area (Å²) in [5, 5.41) is 21.4. The summed E-state index contributed by atoms with van der Waals surface area (Å²) in [4.78, 5) is 28.3. The second kappa shape index (κ2) is 9.30. The third kappa shape index (κ3) is 4.61. The molecular formula is C30H24N6O2. The van der Waals surface area contributed by atoms with Gasteiger partial charge in [-0.3, -0.25) is 4.79 Å². The Bertz CT molecular complexity index is 1630. The van der Waals surface area contributed by atoms with E-state index in [0.717, 1.165) is 46.7 Å². The molecule has 8 nitrogen and oxygen atoms in total. The summed E-state index contributed by atoms with van der Waals surface area (Å²) in [5.74, 6) is -0.144. The summed E-state index contributed by atoms with van der Waals surface area (Å²) in [6, 6.07) is 26.3. The SMILES string of the molecule is N#CC1(c2cccc(NC(=O)Nc3cccc(Nc4ccc5c(c4)NC(=O)C5=Cc4ccc[nH]4)c3)c2)CC1. The van der Waals surface area contributed by atoms with Gasteiger partial charge >= 0.3 is 6.03 Å². The van der Waals surface area contributed by atoms with Gasteiger partial charge in [0.25, 0.3) is 5.91 Å². The van der Waals surface area contributed by atoms with Crippen LogP contribution < -0.4 is 21.3 Å². The van der Waals surface area contributed by atoms with Crippen molar-refractivity contribution in [3.63, 3.8) is 0 Å². The molecule has 0 bridgehead atoms. The van der Waals surface area contributed by atoms with Crippen molar-refractivity contribution in [1.82, 2.24) is 4.98 Å². The lowest BCUT2D eigenvalue weighted by Crippen LogP contribution is -2.19. The second-order valence-electron chi connectivity index (χ2n) is 9.46. The first-order valence-corrected chi connectivity index (χ1v) is 12.3. The number of carbonyl (C=O) groups is 2. The molecule has 0 atom stereocenters. The van der Waals surface area contributed by atoms with E-state index >= 15 is 0 Å². The summed E-state index contributed by atoms with van der Waals surface area (Å²) < 4.78 is 0. The molecule has 2 aliphatic rings. The third-order valence-electron chi connectivity index (χ3n) is 6.77. The number of H-pyrrole nitrogens is 1. The monoisotopic (exact) mass is 500 g/mol. The molecule has 1 aromatic heterocycles. The van der Waals surface area contributed by atoms with Crippen molar-refractivity contribution in [1.29, 1.82) is 5.26 Å². The molecule has 8 heteroatoms. The fourth-order valence-corrected chi connectivity index (χ4v) is 4.62. The highest BCUT2D eigenvalue weighted by Crippen LogP contribution is 2.48. The molecule has 3 aromatic carbocycles. The predicted octanol–water partition coefficient (Wildman–Crippen LogP) is 6.45. The smallest absolute Gasteiger partial charge is 0.323 e. The molecule has 0 unspecified atom stereocenters. The Labute approximate surface area is 219 Å². The molecule has 0 spiro atoms. The molecule has 6 rings (SSSR count). The number of nitrogens with one attached hydrogen (secondary N) is 5. The third-order valence-corrected chi connectivity index (χ3v) is 6.77. The van der Waals surface area contributed by atoms with E-state index in [1.165, 1.54) is 0 Å². The number of fused-ring (bicyclic) bond motifs is 1. The number of aromatic amines is 1. The molecule has 2 heterocycles. The van der Waals surface area contributed by atoms with Crippen LogP contribution in [-0.4, -0.2) is 16.9 Å². The van der Waals surface area contributed by atoms with Crippen LogP contribution in [0.4, 0.5) is 33.2 Å². The lowest BCUT2D eigenvalue weighted by Gasteiger charge is -2.12. The zero-order valence-corrected chi connectivity index (χ0v) is 20.3. The van der Waals surface area contributed by atoms with Crippen molar-refractivity contribution in [2.24, 2.45) is 0 Å². The molecule has 3 amide bonds. The molecule has 0 saturated heterocycles. The Hall–Kier alpha value is -5.29. The first kappa shape index (κ1) is 23.1. The van der Waals surface area contributed by atoms with Crippen molar-refractivity contribution in [3.05, 3.63) is 102 Å². The van der Waals surface area contributed by atoms with E-state index in [9.17, 15) is 14.9 Å². The number of benzene rings is 3. The van der Waals surface area contributed by atoms with Gasteiger partial charge in [0.2, 0.25) is 0 Å². The Kier molecular flexibility index (Phi) is 5.66. The summed E-state index contributed by atoms with van der Waals surface area (Å²) in [6.07, 6.45) is 5.34. The van der Waals surface area contributed by atoms with Crippen molar-refractivity contribution in [3.8, 4) is 6.07 Å². The number of urea groups is 1. The van der Waals surface area contributed by atoms with Gasteiger partial charge in [-0.15, -0.1) is 0 Å². The summed E-state index contributed by atoms with van der Waals surface area (Å²) in [6.45, 7) is 0. The zero-order valence-electron chi connectivity index (χ0n) is 20.3. The number of anilines is 5. The lowest BCUT2D eigenvalue weighted by molar-refractivity contribution is -0.110. The van der Waals surface area contributed by atoms with E-state index in [2.05, 4.69) is 32.3 Å². The first-order valence-electron chi connectivity index (χ1n) is 12.3. The van der Waals surface area contributed by atoms with Crippen LogP contribution in [0, 0.1) is 11.3 Å². The molecule has 1 fully saturated rings. The van der Waals surface area contributed by atoms with Crippen LogP contribution in [0.3, 0.4) is 0 Å². The lowest BCUT2D eigenvalue weighted by atomic mass is 9.97. The molecule has 5 N–H and O–H groups in total. The van der Waals surface area contributed by atoms with Crippen LogP contribution in [0.15, 0.2) is 85.1 Å². The van der Waals surface area contributed by atoms with Crippen LogP contribution in [0.2, 0.25) is 0 Å². The normalized spacial score (nSPS) is 15.8. The van der Waals surface area contributed by atoms with E-state index in [1.807, 2.05) is 79.0 Å². The van der Waals surface area contributed by atoms with Crippen molar-refractivity contribution in [2.45, 2.75) is 18.3 Å². The Balaban J connectivity index is 1.13. The van der Waals surface area contributed by atoms with Gasteiger partial charge in [0.05, 0.1) is 22.7 Å². The second-order valence-corrected chi connectivity index (χ2v) is 9.46. The van der Waals surface area contributed by atoms with Gasteiger partial charge in [-0.2, -0.15) is 5.26 Å². The number of hydrogen-bond donors (Lipinski definition) is 5. The van der Waals surface area contributed by atoms with Gasteiger partial charge in [-0.25, -0.2) is 4.79 Å². The number of nitriles is 1. The van der Waals surface area contributed by atoms with Crippen molar-refractivity contribution < 1.29 is 9.59 Å². The fourth-order valence-electron chi connectivity index (χ4n) is 4.62. The molecule has 38 heavy (non-hydrogen) atoms. The highest BCUT2D eigenvalue weighted by molar-refractivity contribution is 6.35. The van der Waals surface area contributed by atoms with E-state index in [-0.39, 0.29) is 11.9 Å². The van der Waals surface area contributed by atoms with E-state index < -0.39 is 5.41 Å². The summed E-state index contributed by atoms with van der Waals surface area (Å²) in [5.41, 5.74) is 6.40. The van der Waals surface area contributed by atoms with Crippen molar-refractivity contribution >= 4 is 52.0 Å². The maximum absolute atomic E-state index is 12.6. The maximum Gasteiger partial charge on any atom is 0.323 e. The standard InChI is InChI=1S/C30H24N6O2/c31-18-30(11-12-30)19-4-1-5-21(14-19)34-29(38)35-23-7-2-6-22(15-23)33-24-9-10-25-26(16-20-8-3-13-32-20)28(37)36-27(25)17-24/h1-10,13-17,32-33H,11-12H2,(H,36,37)(H2,34,35,38). The number of rotatable bonds is 6. The van der Waals surface area contributed by atoms with Gasteiger partial charge < -0.3 is 26.3 Å². The minimum atomic E-state index is -0.408. The van der Waals surface area contributed by atoms with Crippen molar-refractivity contribution in [2.75, 3.05) is 21.3 Å². The van der Waals surface area contributed by atoms with E-state index in [1.54, 1.807) is 12.1 Å². The average Bonchev–Trinajstić information content (AvgIpc) is 3.43. The molecule has 1 aliphatic heterocycles. The number of hydrogen-bond acceptors (Lipinski definition) is 4. The molecule has 4 aromatic rings. The van der Waals surface area contributed by atoms with Crippen LogP contribution in [0.1, 0.15) is 29.7 Å². The van der Waals surface area contributed by atoms with Crippen LogP contribution in [-0.2, 0) is 10.2 Å². The zero-order chi connectivity index (χ0) is 26.1. The van der Waals surface area contributed by atoms with Crippen LogP contribution in [0.5, 0.6) is 0 Å². The first-order chi connectivity index (χ1) is 18.5. The number of nitrogens with zero attached hydrogens (tertiary/aromatic N) is 1. The molecule has 1 saturated carbocycles. The largest absolute Gasteiger partial charge is 0.362 e. The minimum absolute atomic E-state index is 0.144. The number of carbonyl (C=O) groups excluding carboxylic acids is 2. The van der Waals surface area contributed by atoms with Gasteiger partial charge in [-0.05, 0) is 79.1 Å². The number of amides is 3. The molecule has 1 aliphatic carbocycles. The molecule has 186 valence electrons. The van der Waals surface area contributed by atoms with E-state index in [0.29, 0.717) is 16.9 Å². The Morgan fingerprint density at radius 1 is 0.895 bits per heavy atom. The Morgan fingerprint density at radius 2 is 1.63 bits per heavy atom. The maximum atomic E-state index is 12.6. The summed E-state index contributed by atoms with van der Waals surface area (Å²) >= 11 is 0. The molecular weight excluding hydrogens is 476 g/mol. The van der Waals surface area contributed by atoms with E-state index in [4.69, 9.17) is 0 Å². The molecule has 0 radical (unpaired) electrons. The van der Waals surface area contributed by atoms with Gasteiger partial charge in [-0.1, -0.05) is 24.3 Å². The summed E-state index contributed by atoms with van der Waals surface area (Å²) in [7, 11) is 0. The minimum Gasteiger partial charge on any atom is -0.362 e. The van der Waals surface area contributed by atoms with Crippen LogP contribution >= 0.6 is 0 Å². The fraction of sp³-hybridized carbons (Fsp3) is 0.100. The van der Waals surface area contributed by atoms with Gasteiger partial charge in [0, 0.05) is 40.2 Å². The van der Waals surface area contributed by atoms with Gasteiger partial charge in [0.15, 0.2) is 0 Å².